The summed E-state index contributed by atoms with van der Waals surface area (Å²) in [7, 11) is 0. The van der Waals surface area contributed by atoms with Gasteiger partial charge in [-0.25, -0.2) is 0 Å². The lowest BCUT2D eigenvalue weighted by Gasteiger charge is -2.32. The number of rotatable bonds is 4. The Bertz CT molecular complexity index is 438. The van der Waals surface area contributed by atoms with Gasteiger partial charge in [-0.05, 0) is 24.2 Å². The molecule has 0 aromatic carbocycles. The molecule has 0 radical (unpaired) electrons. The van der Waals surface area contributed by atoms with Crippen LogP contribution in [0.5, 0.6) is 0 Å². The molecule has 0 aromatic rings. The molecule has 1 aliphatic carbocycles. The first-order valence-electron chi connectivity index (χ1n) is 7.05. The van der Waals surface area contributed by atoms with Crippen LogP contribution in [0.25, 0.3) is 0 Å². The number of likely N-dealkylation sites (tertiary alicyclic amines) is 1. The topological polar surface area (TPSA) is 101 Å². The highest BCUT2D eigenvalue weighted by molar-refractivity contribution is 5.91. The van der Waals surface area contributed by atoms with Gasteiger partial charge >= 0.3 is 5.97 Å². The van der Waals surface area contributed by atoms with E-state index >= 15 is 0 Å². The van der Waals surface area contributed by atoms with E-state index < -0.39 is 23.2 Å². The molecule has 3 N–H and O–H groups in total. The minimum absolute atomic E-state index is 0.0556. The lowest BCUT2D eigenvalue weighted by Crippen LogP contribution is -2.41. The van der Waals surface area contributed by atoms with Gasteiger partial charge in [0.05, 0.1) is 11.8 Å². The first-order chi connectivity index (χ1) is 9.25. The van der Waals surface area contributed by atoms with Crippen LogP contribution in [0.15, 0.2) is 0 Å². The van der Waals surface area contributed by atoms with Crippen molar-refractivity contribution in [2.45, 2.75) is 33.1 Å². The van der Waals surface area contributed by atoms with E-state index in [1.165, 1.54) is 0 Å². The predicted molar refractivity (Wildman–Crippen MR) is 71.5 cm³/mol. The maximum absolute atomic E-state index is 12.4. The molecule has 1 saturated carbocycles. The fraction of sp³-hybridized carbons (Fsp3) is 0.786. The van der Waals surface area contributed by atoms with Crippen molar-refractivity contribution in [1.82, 2.24) is 4.90 Å². The highest BCUT2D eigenvalue weighted by atomic mass is 16.4. The van der Waals surface area contributed by atoms with Crippen molar-refractivity contribution >= 4 is 17.8 Å². The Labute approximate surface area is 118 Å². The first-order valence-corrected chi connectivity index (χ1v) is 7.05. The summed E-state index contributed by atoms with van der Waals surface area (Å²) in [6, 6.07) is 0. The summed E-state index contributed by atoms with van der Waals surface area (Å²) in [5.74, 6) is -1.98. The van der Waals surface area contributed by atoms with E-state index in [4.69, 9.17) is 10.8 Å². The molecule has 0 bridgehead atoms. The molecule has 2 rings (SSSR count). The molecule has 2 unspecified atom stereocenters. The molecule has 2 amide bonds. The molecule has 1 aliphatic heterocycles. The van der Waals surface area contributed by atoms with E-state index in [0.29, 0.717) is 19.5 Å². The van der Waals surface area contributed by atoms with Crippen LogP contribution < -0.4 is 5.73 Å². The molecular weight excluding hydrogens is 260 g/mol. The fourth-order valence-electron chi connectivity index (χ4n) is 3.40. The molecule has 0 spiro atoms. The van der Waals surface area contributed by atoms with Gasteiger partial charge in [0.1, 0.15) is 0 Å². The predicted octanol–water partition coefficient (Wildman–Crippen LogP) is 0.457. The minimum atomic E-state index is -0.892. The average Bonchev–Trinajstić information content (AvgIpc) is 2.92. The van der Waals surface area contributed by atoms with Crippen molar-refractivity contribution < 1.29 is 19.5 Å². The zero-order valence-electron chi connectivity index (χ0n) is 12.0. The molecule has 112 valence electrons. The molecule has 20 heavy (non-hydrogen) atoms. The Hall–Kier alpha value is -1.59. The Kier molecular flexibility index (Phi) is 3.75. The standard InChI is InChI=1S/C14H22N2O4/c1-14(2)10(11(14)13(19)20)12(18)16-5-3-8(4-6-16)7-9(15)17/h8,10-11H,3-7H2,1-2H3,(H2,15,17)(H,19,20). The number of carbonyl (C=O) groups excluding carboxylic acids is 2. The summed E-state index contributed by atoms with van der Waals surface area (Å²) >= 11 is 0. The van der Waals surface area contributed by atoms with Crippen molar-refractivity contribution in [2.24, 2.45) is 28.9 Å². The smallest absolute Gasteiger partial charge is 0.307 e. The number of carboxylic acid groups (broad SMARTS) is 1. The van der Waals surface area contributed by atoms with Crippen LogP contribution in [0, 0.1) is 23.2 Å². The van der Waals surface area contributed by atoms with E-state index in [9.17, 15) is 14.4 Å². The van der Waals surface area contributed by atoms with E-state index in [0.717, 1.165) is 12.8 Å². The number of carboxylic acids is 1. The summed E-state index contributed by atoms with van der Waals surface area (Å²) < 4.78 is 0. The Morgan fingerprint density at radius 3 is 2.15 bits per heavy atom. The van der Waals surface area contributed by atoms with Crippen LogP contribution in [0.3, 0.4) is 0 Å². The largest absolute Gasteiger partial charge is 0.481 e. The van der Waals surface area contributed by atoms with Crippen LogP contribution in [0.2, 0.25) is 0 Å². The number of primary amides is 1. The van der Waals surface area contributed by atoms with E-state index in [1.807, 2.05) is 13.8 Å². The molecule has 6 nitrogen and oxygen atoms in total. The number of aliphatic carboxylic acids is 1. The third-order valence-electron chi connectivity index (χ3n) is 4.78. The van der Waals surface area contributed by atoms with Gasteiger partial charge in [0.25, 0.3) is 0 Å². The molecular formula is C14H22N2O4. The second-order valence-electron chi connectivity index (χ2n) is 6.55. The normalized spacial score (nSPS) is 29.0. The summed E-state index contributed by atoms with van der Waals surface area (Å²) in [5, 5.41) is 9.13. The highest BCUT2D eigenvalue weighted by Gasteiger charge is 2.66. The van der Waals surface area contributed by atoms with Gasteiger partial charge in [0.2, 0.25) is 11.8 Å². The second kappa shape index (κ2) is 5.07. The number of hydrogen-bond donors (Lipinski definition) is 2. The van der Waals surface area contributed by atoms with Crippen molar-refractivity contribution in [1.29, 1.82) is 0 Å². The van der Waals surface area contributed by atoms with E-state index in [1.54, 1.807) is 4.90 Å². The van der Waals surface area contributed by atoms with Crippen LogP contribution in [0.4, 0.5) is 0 Å². The van der Waals surface area contributed by atoms with E-state index in [-0.39, 0.29) is 17.7 Å². The van der Waals surface area contributed by atoms with Crippen LogP contribution >= 0.6 is 0 Å². The molecule has 1 saturated heterocycles. The van der Waals surface area contributed by atoms with E-state index in [2.05, 4.69) is 0 Å². The van der Waals surface area contributed by atoms with Gasteiger partial charge < -0.3 is 15.7 Å². The summed E-state index contributed by atoms with van der Waals surface area (Å²) in [4.78, 5) is 36.1. The monoisotopic (exact) mass is 282 g/mol. The number of nitrogens with two attached hydrogens (primary N) is 1. The van der Waals surface area contributed by atoms with Gasteiger partial charge in [0, 0.05) is 19.5 Å². The maximum Gasteiger partial charge on any atom is 0.307 e. The first kappa shape index (κ1) is 14.8. The van der Waals surface area contributed by atoms with Gasteiger partial charge in [-0.15, -0.1) is 0 Å². The van der Waals surface area contributed by atoms with Crippen molar-refractivity contribution in [3.63, 3.8) is 0 Å². The lowest BCUT2D eigenvalue weighted by molar-refractivity contribution is -0.142. The molecule has 2 atom stereocenters. The van der Waals surface area contributed by atoms with Gasteiger partial charge in [-0.2, -0.15) is 0 Å². The minimum Gasteiger partial charge on any atom is -0.481 e. The molecule has 2 fully saturated rings. The second-order valence-corrected chi connectivity index (χ2v) is 6.55. The van der Waals surface area contributed by atoms with Crippen LogP contribution in [-0.2, 0) is 14.4 Å². The Morgan fingerprint density at radius 1 is 1.20 bits per heavy atom. The van der Waals surface area contributed by atoms with Crippen molar-refractivity contribution in [3.8, 4) is 0 Å². The number of piperidine rings is 1. The Balaban J connectivity index is 1.90. The number of carbonyl (C=O) groups is 3. The highest BCUT2D eigenvalue weighted by Crippen LogP contribution is 2.59. The van der Waals surface area contributed by atoms with Crippen molar-refractivity contribution in [3.05, 3.63) is 0 Å². The quantitative estimate of drug-likeness (QED) is 0.782. The fourth-order valence-corrected chi connectivity index (χ4v) is 3.40. The number of hydrogen-bond acceptors (Lipinski definition) is 3. The van der Waals surface area contributed by atoms with Gasteiger partial charge in [0.15, 0.2) is 0 Å². The average molecular weight is 282 g/mol. The van der Waals surface area contributed by atoms with Crippen LogP contribution in [0.1, 0.15) is 33.1 Å². The van der Waals surface area contributed by atoms with Crippen LogP contribution in [-0.4, -0.2) is 40.9 Å². The summed E-state index contributed by atoms with van der Waals surface area (Å²) in [5.41, 5.74) is 4.73. The Morgan fingerprint density at radius 2 is 1.75 bits per heavy atom. The van der Waals surface area contributed by atoms with Crippen molar-refractivity contribution in [2.75, 3.05) is 13.1 Å². The molecule has 0 aromatic heterocycles. The summed E-state index contributed by atoms with van der Waals surface area (Å²) in [6.07, 6.45) is 1.90. The SMILES string of the molecule is CC1(C)C(C(=O)O)C1C(=O)N1CCC(CC(N)=O)CC1. The number of amides is 2. The molecule has 2 aliphatic rings. The van der Waals surface area contributed by atoms with Gasteiger partial charge in [-0.3, -0.25) is 14.4 Å². The third-order valence-corrected chi connectivity index (χ3v) is 4.78. The molecule has 1 heterocycles. The molecule has 6 heteroatoms. The maximum atomic E-state index is 12.4. The third kappa shape index (κ3) is 2.64. The zero-order valence-corrected chi connectivity index (χ0v) is 12.0. The lowest BCUT2D eigenvalue weighted by atomic mass is 9.93. The summed E-state index contributed by atoms with van der Waals surface area (Å²) in [6.45, 7) is 4.84. The van der Waals surface area contributed by atoms with Gasteiger partial charge in [-0.1, -0.05) is 13.8 Å². The zero-order chi connectivity index (χ0) is 15.1. The number of nitrogens with zero attached hydrogens (tertiary/aromatic N) is 1.